The minimum atomic E-state index is 0.599. The third kappa shape index (κ3) is 2.01. The van der Waals surface area contributed by atoms with E-state index in [1.54, 1.807) is 12.4 Å². The van der Waals surface area contributed by atoms with E-state index in [1.807, 2.05) is 0 Å². The van der Waals surface area contributed by atoms with Gasteiger partial charge in [0.2, 0.25) is 5.95 Å². The summed E-state index contributed by atoms with van der Waals surface area (Å²) >= 11 is 0. The fourth-order valence-electron chi connectivity index (χ4n) is 2.37. The second-order valence-corrected chi connectivity index (χ2v) is 4.55. The van der Waals surface area contributed by atoms with Gasteiger partial charge in [0, 0.05) is 12.2 Å². The van der Waals surface area contributed by atoms with E-state index in [2.05, 4.69) is 39.1 Å². The SMILES string of the molecule is Nc1cnc(N2CCCCc3ccccc32)nc1. The number of fused-ring (bicyclic) bond motifs is 1. The molecule has 0 aliphatic carbocycles. The van der Waals surface area contributed by atoms with Crippen molar-refractivity contribution in [3.05, 3.63) is 42.2 Å². The van der Waals surface area contributed by atoms with Crippen molar-refractivity contribution in [3.8, 4) is 0 Å². The highest BCUT2D eigenvalue weighted by molar-refractivity contribution is 5.62. The first-order chi connectivity index (χ1) is 8.84. The van der Waals surface area contributed by atoms with Crippen LogP contribution in [0, 0.1) is 0 Å². The molecule has 18 heavy (non-hydrogen) atoms. The summed E-state index contributed by atoms with van der Waals surface area (Å²) in [7, 11) is 0. The minimum Gasteiger partial charge on any atom is -0.396 e. The summed E-state index contributed by atoms with van der Waals surface area (Å²) in [4.78, 5) is 10.8. The van der Waals surface area contributed by atoms with Crippen molar-refractivity contribution in [2.45, 2.75) is 19.3 Å². The molecule has 1 aliphatic heterocycles. The monoisotopic (exact) mass is 240 g/mol. The van der Waals surface area contributed by atoms with Crippen LogP contribution in [0.5, 0.6) is 0 Å². The standard InChI is InChI=1S/C14H16N4/c15-12-9-16-14(17-10-12)18-8-4-3-6-11-5-1-2-7-13(11)18/h1-2,5,7,9-10H,3-4,6,8,15H2. The normalized spacial score (nSPS) is 15.0. The largest absolute Gasteiger partial charge is 0.396 e. The quantitative estimate of drug-likeness (QED) is 0.832. The maximum absolute atomic E-state index is 5.64. The Kier molecular flexibility index (Phi) is 2.84. The van der Waals surface area contributed by atoms with Gasteiger partial charge in [-0.15, -0.1) is 0 Å². The summed E-state index contributed by atoms with van der Waals surface area (Å²) in [6.45, 7) is 0.959. The Morgan fingerprint density at radius 1 is 1.06 bits per heavy atom. The van der Waals surface area contributed by atoms with E-state index in [4.69, 9.17) is 5.73 Å². The maximum Gasteiger partial charge on any atom is 0.229 e. The number of hydrogen-bond acceptors (Lipinski definition) is 4. The third-order valence-corrected chi connectivity index (χ3v) is 3.26. The fraction of sp³-hybridized carbons (Fsp3) is 0.286. The number of benzene rings is 1. The molecule has 4 nitrogen and oxygen atoms in total. The zero-order valence-corrected chi connectivity index (χ0v) is 10.2. The first-order valence-electron chi connectivity index (χ1n) is 6.27. The van der Waals surface area contributed by atoms with Crippen LogP contribution in [-0.2, 0) is 6.42 Å². The smallest absolute Gasteiger partial charge is 0.229 e. The molecule has 2 aromatic rings. The molecule has 0 unspecified atom stereocenters. The van der Waals surface area contributed by atoms with Crippen molar-refractivity contribution in [1.82, 2.24) is 9.97 Å². The molecule has 0 radical (unpaired) electrons. The molecule has 2 N–H and O–H groups in total. The summed E-state index contributed by atoms with van der Waals surface area (Å²) in [5.41, 5.74) is 8.83. The molecule has 0 fully saturated rings. The molecule has 3 rings (SSSR count). The minimum absolute atomic E-state index is 0.599. The van der Waals surface area contributed by atoms with Crippen molar-refractivity contribution in [2.24, 2.45) is 0 Å². The Balaban J connectivity index is 2.03. The van der Waals surface area contributed by atoms with Gasteiger partial charge in [-0.2, -0.15) is 0 Å². The molecule has 92 valence electrons. The Bertz CT molecular complexity index is 536. The highest BCUT2D eigenvalue weighted by Crippen LogP contribution is 2.30. The zero-order valence-electron chi connectivity index (χ0n) is 10.2. The van der Waals surface area contributed by atoms with Gasteiger partial charge in [-0.05, 0) is 30.9 Å². The van der Waals surface area contributed by atoms with E-state index in [0.29, 0.717) is 5.69 Å². The lowest BCUT2D eigenvalue weighted by Crippen LogP contribution is -2.20. The number of aromatic nitrogens is 2. The number of nitrogen functional groups attached to an aromatic ring is 1. The number of nitrogens with two attached hydrogens (primary N) is 1. The lowest BCUT2D eigenvalue weighted by molar-refractivity contribution is 0.753. The predicted molar refractivity (Wildman–Crippen MR) is 72.8 cm³/mol. The van der Waals surface area contributed by atoms with E-state index in [1.165, 1.54) is 17.7 Å². The number of nitrogens with zero attached hydrogens (tertiary/aromatic N) is 3. The molecular weight excluding hydrogens is 224 g/mol. The van der Waals surface area contributed by atoms with Gasteiger partial charge < -0.3 is 10.6 Å². The van der Waals surface area contributed by atoms with Crippen LogP contribution in [0.4, 0.5) is 17.3 Å². The van der Waals surface area contributed by atoms with Gasteiger partial charge in [-0.3, -0.25) is 0 Å². The Labute approximate surface area is 106 Å². The molecule has 0 spiro atoms. The fourth-order valence-corrected chi connectivity index (χ4v) is 2.37. The molecular formula is C14H16N4. The van der Waals surface area contributed by atoms with Crippen LogP contribution >= 0.6 is 0 Å². The number of anilines is 3. The third-order valence-electron chi connectivity index (χ3n) is 3.26. The van der Waals surface area contributed by atoms with Crippen molar-refractivity contribution in [3.63, 3.8) is 0 Å². The molecule has 0 saturated heterocycles. The highest BCUT2D eigenvalue weighted by atomic mass is 15.3. The Hall–Kier alpha value is -2.10. The molecule has 0 amide bonds. The highest BCUT2D eigenvalue weighted by Gasteiger charge is 2.17. The summed E-state index contributed by atoms with van der Waals surface area (Å²) in [6, 6.07) is 8.48. The average molecular weight is 240 g/mol. The van der Waals surface area contributed by atoms with Gasteiger partial charge in [-0.1, -0.05) is 18.2 Å². The number of rotatable bonds is 1. The van der Waals surface area contributed by atoms with Crippen molar-refractivity contribution in [2.75, 3.05) is 17.2 Å². The Morgan fingerprint density at radius 3 is 2.67 bits per heavy atom. The van der Waals surface area contributed by atoms with Gasteiger partial charge in [-0.25, -0.2) is 9.97 Å². The van der Waals surface area contributed by atoms with Crippen LogP contribution in [0.2, 0.25) is 0 Å². The molecule has 1 aromatic carbocycles. The van der Waals surface area contributed by atoms with E-state index in [0.717, 1.165) is 25.3 Å². The van der Waals surface area contributed by atoms with Crippen molar-refractivity contribution >= 4 is 17.3 Å². The molecule has 1 aliphatic rings. The molecule has 0 saturated carbocycles. The average Bonchev–Trinajstić information content (AvgIpc) is 2.62. The van der Waals surface area contributed by atoms with Gasteiger partial charge in [0.1, 0.15) is 0 Å². The van der Waals surface area contributed by atoms with Crippen LogP contribution in [-0.4, -0.2) is 16.5 Å². The molecule has 2 heterocycles. The first kappa shape index (κ1) is 11.0. The van der Waals surface area contributed by atoms with Crippen LogP contribution in [0.25, 0.3) is 0 Å². The second-order valence-electron chi connectivity index (χ2n) is 4.55. The van der Waals surface area contributed by atoms with Gasteiger partial charge in [0.05, 0.1) is 18.1 Å². The number of para-hydroxylation sites is 1. The molecule has 4 heteroatoms. The topological polar surface area (TPSA) is 55.0 Å². The second kappa shape index (κ2) is 4.64. The van der Waals surface area contributed by atoms with Crippen LogP contribution in [0.15, 0.2) is 36.7 Å². The maximum atomic E-state index is 5.64. The number of aryl methyl sites for hydroxylation is 1. The number of hydrogen-bond donors (Lipinski definition) is 1. The van der Waals surface area contributed by atoms with Crippen molar-refractivity contribution < 1.29 is 0 Å². The molecule has 0 bridgehead atoms. The first-order valence-corrected chi connectivity index (χ1v) is 6.27. The van der Waals surface area contributed by atoms with Gasteiger partial charge in [0.25, 0.3) is 0 Å². The lowest BCUT2D eigenvalue weighted by Gasteiger charge is -2.22. The van der Waals surface area contributed by atoms with E-state index in [-0.39, 0.29) is 0 Å². The summed E-state index contributed by atoms with van der Waals surface area (Å²) in [5.74, 6) is 0.735. The summed E-state index contributed by atoms with van der Waals surface area (Å²) in [5, 5.41) is 0. The van der Waals surface area contributed by atoms with Crippen LogP contribution < -0.4 is 10.6 Å². The Morgan fingerprint density at radius 2 is 1.83 bits per heavy atom. The van der Waals surface area contributed by atoms with Crippen LogP contribution in [0.3, 0.4) is 0 Å². The summed E-state index contributed by atoms with van der Waals surface area (Å²) < 4.78 is 0. The summed E-state index contributed by atoms with van der Waals surface area (Å²) in [6.07, 6.45) is 6.82. The lowest BCUT2D eigenvalue weighted by atomic mass is 10.1. The van der Waals surface area contributed by atoms with Gasteiger partial charge in [0.15, 0.2) is 0 Å². The van der Waals surface area contributed by atoms with E-state index in [9.17, 15) is 0 Å². The van der Waals surface area contributed by atoms with Gasteiger partial charge >= 0.3 is 0 Å². The zero-order chi connectivity index (χ0) is 12.4. The van der Waals surface area contributed by atoms with E-state index < -0.39 is 0 Å². The molecule has 0 atom stereocenters. The predicted octanol–water partition coefficient (Wildman–Crippen LogP) is 2.53. The van der Waals surface area contributed by atoms with Crippen molar-refractivity contribution in [1.29, 1.82) is 0 Å². The molecule has 1 aromatic heterocycles. The van der Waals surface area contributed by atoms with E-state index >= 15 is 0 Å². The van der Waals surface area contributed by atoms with Crippen LogP contribution in [0.1, 0.15) is 18.4 Å².